The Morgan fingerprint density at radius 3 is 3.00 bits per heavy atom. The molecule has 0 spiro atoms. The largest absolute Gasteiger partial charge is 0.496 e. The molecule has 1 aliphatic rings. The maximum atomic E-state index is 12.2. The van der Waals surface area contributed by atoms with Crippen molar-refractivity contribution in [3.05, 3.63) is 28.2 Å². The summed E-state index contributed by atoms with van der Waals surface area (Å²) in [5.41, 5.74) is 0.581. The van der Waals surface area contributed by atoms with Crippen molar-refractivity contribution in [2.75, 3.05) is 33.8 Å². The number of nitrogens with zero attached hydrogens (tertiary/aromatic N) is 1. The molecule has 1 fully saturated rings. The lowest BCUT2D eigenvalue weighted by atomic mass is 10.1. The summed E-state index contributed by atoms with van der Waals surface area (Å²) in [7, 11) is 3.68. The number of nitrogens with one attached hydrogen (secondary N) is 1. The molecule has 104 valence electrons. The lowest BCUT2D eigenvalue weighted by Gasteiger charge is -2.13. The second kappa shape index (κ2) is 6.39. The third kappa shape index (κ3) is 3.70. The Kier molecular flexibility index (Phi) is 4.82. The van der Waals surface area contributed by atoms with Gasteiger partial charge in [-0.1, -0.05) is 15.9 Å². The summed E-state index contributed by atoms with van der Waals surface area (Å²) in [4.78, 5) is 14.4. The van der Waals surface area contributed by atoms with Gasteiger partial charge >= 0.3 is 0 Å². The molecule has 2 rings (SSSR count). The summed E-state index contributed by atoms with van der Waals surface area (Å²) in [6, 6.07) is 5.43. The summed E-state index contributed by atoms with van der Waals surface area (Å²) in [5.74, 6) is 1.07. The molecule has 1 unspecified atom stereocenters. The van der Waals surface area contributed by atoms with Crippen molar-refractivity contribution in [2.24, 2.45) is 5.92 Å². The highest BCUT2D eigenvalue weighted by molar-refractivity contribution is 9.10. The molecule has 5 heteroatoms. The Balaban J connectivity index is 1.96. The number of ether oxygens (including phenoxy) is 1. The summed E-state index contributed by atoms with van der Waals surface area (Å²) >= 11 is 3.37. The molecule has 0 aromatic heterocycles. The van der Waals surface area contributed by atoms with Crippen LogP contribution in [0.4, 0.5) is 0 Å². The van der Waals surface area contributed by atoms with Gasteiger partial charge in [-0.25, -0.2) is 0 Å². The first kappa shape index (κ1) is 14.3. The first-order valence-corrected chi connectivity index (χ1v) is 7.19. The number of hydrogen-bond acceptors (Lipinski definition) is 3. The van der Waals surface area contributed by atoms with Gasteiger partial charge in [-0.15, -0.1) is 0 Å². The van der Waals surface area contributed by atoms with Gasteiger partial charge in [-0.3, -0.25) is 4.79 Å². The zero-order valence-corrected chi connectivity index (χ0v) is 12.9. The maximum Gasteiger partial charge on any atom is 0.255 e. The topological polar surface area (TPSA) is 41.6 Å². The van der Waals surface area contributed by atoms with Gasteiger partial charge in [0, 0.05) is 17.6 Å². The van der Waals surface area contributed by atoms with E-state index in [1.807, 2.05) is 6.07 Å². The molecule has 1 N–H and O–H groups in total. The molecule has 1 aliphatic heterocycles. The number of likely N-dealkylation sites (tertiary alicyclic amines) is 1. The normalized spacial score (nSPS) is 19.4. The van der Waals surface area contributed by atoms with E-state index >= 15 is 0 Å². The molecule has 1 aromatic carbocycles. The lowest BCUT2D eigenvalue weighted by molar-refractivity contribution is 0.0944. The predicted octanol–water partition coefficient (Wildman–Crippen LogP) is 2.14. The number of amides is 1. The van der Waals surface area contributed by atoms with Crippen molar-refractivity contribution in [2.45, 2.75) is 6.42 Å². The molecule has 0 radical (unpaired) electrons. The van der Waals surface area contributed by atoms with E-state index in [4.69, 9.17) is 4.74 Å². The third-order valence-electron chi connectivity index (χ3n) is 3.45. The highest BCUT2D eigenvalue weighted by atomic mass is 79.9. The van der Waals surface area contributed by atoms with Gasteiger partial charge in [0.15, 0.2) is 0 Å². The quantitative estimate of drug-likeness (QED) is 0.921. The minimum absolute atomic E-state index is 0.0705. The van der Waals surface area contributed by atoms with Gasteiger partial charge in [0.25, 0.3) is 5.91 Å². The van der Waals surface area contributed by atoms with Crippen LogP contribution in [0.2, 0.25) is 0 Å². The van der Waals surface area contributed by atoms with E-state index in [9.17, 15) is 4.79 Å². The number of carbonyl (C=O) groups excluding carboxylic acids is 1. The molecule has 19 heavy (non-hydrogen) atoms. The smallest absolute Gasteiger partial charge is 0.255 e. The standard InChI is InChI=1S/C14H19BrN2O2/c1-17-6-5-10(9-17)8-16-14(18)12-4-3-11(15)7-13(12)19-2/h3-4,7,10H,5-6,8-9H2,1-2H3,(H,16,18). The second-order valence-corrected chi connectivity index (χ2v) is 5.89. The molecule has 1 heterocycles. The van der Waals surface area contributed by atoms with E-state index in [0.29, 0.717) is 17.2 Å². The van der Waals surface area contributed by atoms with Crippen LogP contribution in [0.3, 0.4) is 0 Å². The van der Waals surface area contributed by atoms with Crippen LogP contribution < -0.4 is 10.1 Å². The average molecular weight is 327 g/mol. The second-order valence-electron chi connectivity index (χ2n) is 4.97. The molecule has 1 saturated heterocycles. The Labute approximate surface area is 122 Å². The van der Waals surface area contributed by atoms with Gasteiger partial charge in [0.05, 0.1) is 12.7 Å². The van der Waals surface area contributed by atoms with Crippen LogP contribution in [0.25, 0.3) is 0 Å². The summed E-state index contributed by atoms with van der Waals surface area (Å²) in [6.07, 6.45) is 1.15. The summed E-state index contributed by atoms with van der Waals surface area (Å²) in [6.45, 7) is 2.89. The first-order chi connectivity index (χ1) is 9.10. The van der Waals surface area contributed by atoms with E-state index in [-0.39, 0.29) is 5.91 Å². The molecular weight excluding hydrogens is 308 g/mol. The molecule has 0 saturated carbocycles. The van der Waals surface area contributed by atoms with E-state index in [1.54, 1.807) is 19.2 Å². The minimum Gasteiger partial charge on any atom is -0.496 e. The van der Waals surface area contributed by atoms with Gasteiger partial charge in [0.1, 0.15) is 5.75 Å². The van der Waals surface area contributed by atoms with E-state index in [0.717, 1.165) is 30.5 Å². The molecule has 4 nitrogen and oxygen atoms in total. The molecule has 1 atom stereocenters. The lowest BCUT2D eigenvalue weighted by Crippen LogP contribution is -2.30. The van der Waals surface area contributed by atoms with Crippen LogP contribution in [0.15, 0.2) is 22.7 Å². The summed E-state index contributed by atoms with van der Waals surface area (Å²) in [5, 5.41) is 2.99. The van der Waals surface area contributed by atoms with Gasteiger partial charge in [-0.2, -0.15) is 0 Å². The number of carbonyl (C=O) groups is 1. The van der Waals surface area contributed by atoms with E-state index in [1.165, 1.54) is 0 Å². The fourth-order valence-corrected chi connectivity index (χ4v) is 2.72. The van der Waals surface area contributed by atoms with Crippen molar-refractivity contribution in [3.63, 3.8) is 0 Å². The van der Waals surface area contributed by atoms with E-state index < -0.39 is 0 Å². The monoisotopic (exact) mass is 326 g/mol. The Bertz CT molecular complexity index is 465. The SMILES string of the molecule is COc1cc(Br)ccc1C(=O)NCC1CCN(C)C1. The van der Waals surface area contributed by atoms with Crippen molar-refractivity contribution < 1.29 is 9.53 Å². The number of methoxy groups -OCH3 is 1. The molecule has 1 amide bonds. The van der Waals surface area contributed by atoms with Crippen LogP contribution in [0.5, 0.6) is 5.75 Å². The number of rotatable bonds is 4. The average Bonchev–Trinajstić information content (AvgIpc) is 2.81. The van der Waals surface area contributed by atoms with Crippen LogP contribution >= 0.6 is 15.9 Å². The number of benzene rings is 1. The molecular formula is C14H19BrN2O2. The van der Waals surface area contributed by atoms with Crippen molar-refractivity contribution in [1.29, 1.82) is 0 Å². The van der Waals surface area contributed by atoms with E-state index in [2.05, 4.69) is 33.2 Å². The highest BCUT2D eigenvalue weighted by Crippen LogP contribution is 2.23. The molecule has 0 aliphatic carbocycles. The van der Waals surface area contributed by atoms with Gasteiger partial charge in [-0.05, 0) is 44.1 Å². The van der Waals surface area contributed by atoms with Crippen LogP contribution in [-0.4, -0.2) is 44.6 Å². The fraction of sp³-hybridized carbons (Fsp3) is 0.500. The van der Waals surface area contributed by atoms with Crippen LogP contribution in [-0.2, 0) is 0 Å². The Morgan fingerprint density at radius 1 is 1.58 bits per heavy atom. The molecule has 1 aromatic rings. The predicted molar refractivity (Wildman–Crippen MR) is 78.6 cm³/mol. The Hall–Kier alpha value is -1.07. The fourth-order valence-electron chi connectivity index (χ4n) is 2.38. The zero-order chi connectivity index (χ0) is 13.8. The van der Waals surface area contributed by atoms with Crippen molar-refractivity contribution in [1.82, 2.24) is 10.2 Å². The summed E-state index contributed by atoms with van der Waals surface area (Å²) < 4.78 is 6.14. The highest BCUT2D eigenvalue weighted by Gasteiger charge is 2.20. The van der Waals surface area contributed by atoms with Crippen molar-refractivity contribution >= 4 is 21.8 Å². The Morgan fingerprint density at radius 2 is 2.37 bits per heavy atom. The number of halogens is 1. The van der Waals surface area contributed by atoms with Crippen LogP contribution in [0, 0.1) is 5.92 Å². The zero-order valence-electron chi connectivity index (χ0n) is 11.3. The maximum absolute atomic E-state index is 12.2. The molecule has 0 bridgehead atoms. The third-order valence-corrected chi connectivity index (χ3v) is 3.94. The van der Waals surface area contributed by atoms with Crippen LogP contribution in [0.1, 0.15) is 16.8 Å². The first-order valence-electron chi connectivity index (χ1n) is 6.40. The minimum atomic E-state index is -0.0705. The van der Waals surface area contributed by atoms with Gasteiger partial charge in [0.2, 0.25) is 0 Å². The van der Waals surface area contributed by atoms with Gasteiger partial charge < -0.3 is 15.0 Å². The van der Waals surface area contributed by atoms with Crippen molar-refractivity contribution in [3.8, 4) is 5.75 Å². The number of hydrogen-bond donors (Lipinski definition) is 1.